The fourth-order valence-corrected chi connectivity index (χ4v) is 3.55. The average Bonchev–Trinajstić information content (AvgIpc) is 2.27. The number of sulfonamides is 1. The van der Waals surface area contributed by atoms with E-state index in [0.717, 1.165) is 0 Å². The van der Waals surface area contributed by atoms with Gasteiger partial charge in [0.15, 0.2) is 0 Å². The maximum absolute atomic E-state index is 12.1. The van der Waals surface area contributed by atoms with Crippen LogP contribution in [0.5, 0.6) is 0 Å². The molecular weight excluding hydrogens is 264 g/mol. The minimum atomic E-state index is -3.46. The molecule has 0 amide bonds. The van der Waals surface area contributed by atoms with Gasteiger partial charge in [-0.1, -0.05) is 19.1 Å². The smallest absolute Gasteiger partial charge is 0.216 e. The summed E-state index contributed by atoms with van der Waals surface area (Å²) in [6.45, 7) is 3.63. The standard InChI is InChI=1S/C13H22N2O3S/c1-3-13(2,7-8-16)15-19(17,18)10-11-5-4-6-12(14)9-11/h4-6,9,15-16H,3,7-8,10,14H2,1-2H3. The van der Waals surface area contributed by atoms with Gasteiger partial charge >= 0.3 is 0 Å². The molecule has 0 spiro atoms. The Labute approximate surface area is 114 Å². The van der Waals surface area contributed by atoms with E-state index in [1.165, 1.54) is 0 Å². The van der Waals surface area contributed by atoms with Gasteiger partial charge in [-0.25, -0.2) is 13.1 Å². The number of aliphatic hydroxyl groups excluding tert-OH is 1. The van der Waals surface area contributed by atoms with Gasteiger partial charge in [0.05, 0.1) is 5.75 Å². The Morgan fingerprint density at radius 2 is 2.11 bits per heavy atom. The van der Waals surface area contributed by atoms with Crippen molar-refractivity contribution in [2.75, 3.05) is 12.3 Å². The monoisotopic (exact) mass is 286 g/mol. The van der Waals surface area contributed by atoms with E-state index in [-0.39, 0.29) is 12.4 Å². The summed E-state index contributed by atoms with van der Waals surface area (Å²) in [5.41, 5.74) is 6.20. The van der Waals surface area contributed by atoms with Gasteiger partial charge in [-0.2, -0.15) is 0 Å². The van der Waals surface area contributed by atoms with Crippen LogP contribution in [-0.4, -0.2) is 25.7 Å². The van der Waals surface area contributed by atoms with Crippen LogP contribution in [0.25, 0.3) is 0 Å². The molecule has 0 fully saturated rings. The van der Waals surface area contributed by atoms with Crippen molar-refractivity contribution < 1.29 is 13.5 Å². The highest BCUT2D eigenvalue weighted by atomic mass is 32.2. The lowest BCUT2D eigenvalue weighted by Crippen LogP contribution is -2.46. The summed E-state index contributed by atoms with van der Waals surface area (Å²) < 4.78 is 26.9. The molecule has 1 aromatic carbocycles. The molecule has 0 bridgehead atoms. The Bertz CT molecular complexity index is 516. The van der Waals surface area contributed by atoms with Crippen LogP contribution in [0.15, 0.2) is 24.3 Å². The number of nitrogen functional groups attached to an aromatic ring is 1. The summed E-state index contributed by atoms with van der Waals surface area (Å²) in [5.74, 6) is -0.112. The number of nitrogens with one attached hydrogen (secondary N) is 1. The van der Waals surface area contributed by atoms with E-state index in [2.05, 4.69) is 4.72 Å². The van der Waals surface area contributed by atoms with Gasteiger partial charge in [-0.3, -0.25) is 0 Å². The maximum Gasteiger partial charge on any atom is 0.216 e. The normalized spacial score (nSPS) is 15.1. The number of rotatable bonds is 7. The molecular formula is C13H22N2O3S. The fraction of sp³-hybridized carbons (Fsp3) is 0.538. The molecule has 0 saturated heterocycles. The van der Waals surface area contributed by atoms with Gasteiger partial charge in [0, 0.05) is 17.8 Å². The Morgan fingerprint density at radius 1 is 1.42 bits per heavy atom. The van der Waals surface area contributed by atoms with Crippen molar-refractivity contribution in [1.82, 2.24) is 4.72 Å². The lowest BCUT2D eigenvalue weighted by molar-refractivity contribution is 0.233. The Balaban J connectivity index is 2.81. The van der Waals surface area contributed by atoms with E-state index in [1.54, 1.807) is 31.2 Å². The van der Waals surface area contributed by atoms with Crippen molar-refractivity contribution in [3.63, 3.8) is 0 Å². The molecule has 1 aromatic rings. The number of benzene rings is 1. The summed E-state index contributed by atoms with van der Waals surface area (Å²) in [5, 5.41) is 9.00. The molecule has 108 valence electrons. The first-order chi connectivity index (χ1) is 8.80. The van der Waals surface area contributed by atoms with E-state index >= 15 is 0 Å². The third-order valence-electron chi connectivity index (χ3n) is 3.15. The topological polar surface area (TPSA) is 92.4 Å². The van der Waals surface area contributed by atoms with Gasteiger partial charge in [-0.15, -0.1) is 0 Å². The zero-order valence-corrected chi connectivity index (χ0v) is 12.2. The van der Waals surface area contributed by atoms with Crippen LogP contribution in [0.2, 0.25) is 0 Å². The van der Waals surface area contributed by atoms with Crippen molar-refractivity contribution >= 4 is 15.7 Å². The second kappa shape index (κ2) is 6.36. The summed E-state index contributed by atoms with van der Waals surface area (Å²) in [4.78, 5) is 0. The zero-order chi connectivity index (χ0) is 14.5. The first-order valence-corrected chi connectivity index (χ1v) is 7.92. The summed E-state index contributed by atoms with van der Waals surface area (Å²) in [6, 6.07) is 6.82. The largest absolute Gasteiger partial charge is 0.399 e. The van der Waals surface area contributed by atoms with Gasteiger partial charge < -0.3 is 10.8 Å². The van der Waals surface area contributed by atoms with E-state index in [4.69, 9.17) is 10.8 Å². The Morgan fingerprint density at radius 3 is 2.63 bits per heavy atom. The Hall–Kier alpha value is -1.11. The highest BCUT2D eigenvalue weighted by molar-refractivity contribution is 7.88. The molecule has 0 aliphatic heterocycles. The maximum atomic E-state index is 12.1. The van der Waals surface area contributed by atoms with Crippen molar-refractivity contribution in [2.45, 2.75) is 38.0 Å². The summed E-state index contributed by atoms with van der Waals surface area (Å²) in [7, 11) is -3.46. The summed E-state index contributed by atoms with van der Waals surface area (Å²) in [6.07, 6.45) is 1.00. The quantitative estimate of drug-likeness (QED) is 0.657. The third kappa shape index (κ3) is 5.18. The van der Waals surface area contributed by atoms with Gasteiger partial charge in [-0.05, 0) is 37.5 Å². The van der Waals surface area contributed by atoms with E-state index in [0.29, 0.717) is 24.1 Å². The second-order valence-corrected chi connectivity index (χ2v) is 6.72. The van der Waals surface area contributed by atoms with Crippen molar-refractivity contribution in [3.05, 3.63) is 29.8 Å². The van der Waals surface area contributed by atoms with Crippen LogP contribution in [-0.2, 0) is 15.8 Å². The van der Waals surface area contributed by atoms with Crippen molar-refractivity contribution in [1.29, 1.82) is 0 Å². The van der Waals surface area contributed by atoms with Crippen LogP contribution >= 0.6 is 0 Å². The SMILES string of the molecule is CCC(C)(CCO)NS(=O)(=O)Cc1cccc(N)c1. The number of nitrogens with two attached hydrogens (primary N) is 1. The Kier molecular flexibility index (Phi) is 5.34. The molecule has 0 radical (unpaired) electrons. The van der Waals surface area contributed by atoms with Crippen LogP contribution in [0.3, 0.4) is 0 Å². The summed E-state index contributed by atoms with van der Waals surface area (Å²) >= 11 is 0. The minimum absolute atomic E-state index is 0.0505. The van der Waals surface area contributed by atoms with E-state index in [9.17, 15) is 8.42 Å². The van der Waals surface area contributed by atoms with Crippen LogP contribution in [0.4, 0.5) is 5.69 Å². The van der Waals surface area contributed by atoms with Crippen LogP contribution in [0, 0.1) is 0 Å². The van der Waals surface area contributed by atoms with Gasteiger partial charge in [0.2, 0.25) is 10.0 Å². The van der Waals surface area contributed by atoms with E-state index in [1.807, 2.05) is 6.92 Å². The molecule has 1 unspecified atom stereocenters. The highest BCUT2D eigenvalue weighted by Gasteiger charge is 2.27. The van der Waals surface area contributed by atoms with Crippen molar-refractivity contribution in [3.8, 4) is 0 Å². The average molecular weight is 286 g/mol. The number of hydrogen-bond acceptors (Lipinski definition) is 4. The predicted molar refractivity (Wildman–Crippen MR) is 77.0 cm³/mol. The molecule has 0 aromatic heterocycles. The number of aliphatic hydroxyl groups is 1. The molecule has 0 heterocycles. The molecule has 4 N–H and O–H groups in total. The zero-order valence-electron chi connectivity index (χ0n) is 11.4. The second-order valence-electron chi connectivity index (χ2n) is 4.99. The molecule has 0 aliphatic carbocycles. The molecule has 1 atom stereocenters. The fourth-order valence-electron chi connectivity index (χ4n) is 1.86. The molecule has 6 heteroatoms. The first-order valence-electron chi connectivity index (χ1n) is 6.27. The number of hydrogen-bond donors (Lipinski definition) is 3. The lowest BCUT2D eigenvalue weighted by atomic mass is 9.97. The molecule has 1 rings (SSSR count). The third-order valence-corrected chi connectivity index (χ3v) is 4.67. The van der Waals surface area contributed by atoms with Crippen LogP contribution in [0.1, 0.15) is 32.3 Å². The van der Waals surface area contributed by atoms with Gasteiger partial charge in [0.25, 0.3) is 0 Å². The van der Waals surface area contributed by atoms with E-state index < -0.39 is 15.6 Å². The molecule has 0 aliphatic rings. The van der Waals surface area contributed by atoms with Gasteiger partial charge in [0.1, 0.15) is 0 Å². The molecule has 19 heavy (non-hydrogen) atoms. The predicted octanol–water partition coefficient (Wildman–Crippen LogP) is 1.24. The van der Waals surface area contributed by atoms with Crippen LogP contribution < -0.4 is 10.5 Å². The minimum Gasteiger partial charge on any atom is -0.399 e. The molecule has 0 saturated carbocycles. The molecule has 5 nitrogen and oxygen atoms in total. The first kappa shape index (κ1) is 15.9. The lowest BCUT2D eigenvalue weighted by Gasteiger charge is -2.28. The van der Waals surface area contributed by atoms with Crippen molar-refractivity contribution in [2.24, 2.45) is 0 Å². The highest BCUT2D eigenvalue weighted by Crippen LogP contribution is 2.17. The number of anilines is 1.